The van der Waals surface area contributed by atoms with Gasteiger partial charge in [0.05, 0.1) is 30.9 Å². The van der Waals surface area contributed by atoms with Gasteiger partial charge < -0.3 is 19.5 Å². The Balaban J connectivity index is 1.65. The predicted octanol–water partition coefficient (Wildman–Crippen LogP) is 2.58. The summed E-state index contributed by atoms with van der Waals surface area (Å²) in [6.45, 7) is 5.04. The molecular formula is C22H26N6O2. The van der Waals surface area contributed by atoms with Crippen molar-refractivity contribution in [3.05, 3.63) is 36.3 Å². The standard InChI is InChI=1S/C22H26N6O2/c1-14-13-30-11-10-28(14)19-12-18(17-4-3-9-27(2)22(17)29)25-21(26-19)16-6-8-24-20-15(16)5-7-23-20/h5-8,12,14,17H,3-4,9-11,13H2,1-2H3,(H,23,24)/t14-,17-/m1/s1. The van der Waals surface area contributed by atoms with E-state index in [2.05, 4.69) is 21.8 Å². The Morgan fingerprint density at radius 3 is 3.00 bits per heavy atom. The highest BCUT2D eigenvalue weighted by Gasteiger charge is 2.31. The Hall–Kier alpha value is -3.00. The number of nitrogens with zero attached hydrogens (tertiary/aromatic N) is 5. The number of piperidine rings is 1. The average molecular weight is 406 g/mol. The van der Waals surface area contributed by atoms with E-state index in [1.54, 1.807) is 6.20 Å². The highest BCUT2D eigenvalue weighted by Crippen LogP contribution is 2.32. The van der Waals surface area contributed by atoms with Crippen molar-refractivity contribution in [2.45, 2.75) is 31.7 Å². The molecule has 30 heavy (non-hydrogen) atoms. The number of rotatable bonds is 3. The van der Waals surface area contributed by atoms with Crippen LogP contribution in [0, 0.1) is 0 Å². The molecule has 3 aromatic heterocycles. The number of nitrogens with one attached hydrogen (secondary N) is 1. The number of H-pyrrole nitrogens is 1. The zero-order valence-electron chi connectivity index (χ0n) is 17.3. The zero-order chi connectivity index (χ0) is 20.7. The maximum Gasteiger partial charge on any atom is 0.231 e. The van der Waals surface area contributed by atoms with Crippen molar-refractivity contribution in [2.24, 2.45) is 0 Å². The first-order valence-corrected chi connectivity index (χ1v) is 10.5. The topological polar surface area (TPSA) is 87.2 Å². The molecule has 2 fully saturated rings. The number of ether oxygens (including phenoxy) is 1. The molecule has 2 aliphatic heterocycles. The molecule has 156 valence electrons. The van der Waals surface area contributed by atoms with Crippen LogP contribution in [0.2, 0.25) is 0 Å². The lowest BCUT2D eigenvalue weighted by atomic mass is 9.93. The number of hydrogen-bond acceptors (Lipinski definition) is 6. The number of amides is 1. The Kier molecular flexibility index (Phi) is 4.86. The summed E-state index contributed by atoms with van der Waals surface area (Å²) in [6, 6.07) is 6.15. The lowest BCUT2D eigenvalue weighted by Crippen LogP contribution is -2.44. The fourth-order valence-corrected chi connectivity index (χ4v) is 4.43. The minimum Gasteiger partial charge on any atom is -0.377 e. The van der Waals surface area contributed by atoms with Crippen LogP contribution >= 0.6 is 0 Å². The largest absolute Gasteiger partial charge is 0.377 e. The van der Waals surface area contributed by atoms with Crippen LogP contribution in [0.3, 0.4) is 0 Å². The summed E-state index contributed by atoms with van der Waals surface area (Å²) in [6.07, 6.45) is 5.43. The van der Waals surface area contributed by atoms with E-state index < -0.39 is 0 Å². The second-order valence-corrected chi connectivity index (χ2v) is 8.15. The van der Waals surface area contributed by atoms with E-state index in [0.717, 1.165) is 54.0 Å². The lowest BCUT2D eigenvalue weighted by Gasteiger charge is -2.35. The van der Waals surface area contributed by atoms with Gasteiger partial charge in [0.25, 0.3) is 0 Å². The number of carbonyl (C=O) groups is 1. The minimum absolute atomic E-state index is 0.133. The Morgan fingerprint density at radius 1 is 1.23 bits per heavy atom. The van der Waals surface area contributed by atoms with Gasteiger partial charge in [-0.25, -0.2) is 15.0 Å². The molecule has 0 aliphatic carbocycles. The molecule has 1 amide bonds. The summed E-state index contributed by atoms with van der Waals surface area (Å²) in [5.41, 5.74) is 2.52. The summed E-state index contributed by atoms with van der Waals surface area (Å²) < 4.78 is 5.62. The fourth-order valence-electron chi connectivity index (χ4n) is 4.43. The molecule has 2 aliphatic rings. The quantitative estimate of drug-likeness (QED) is 0.719. The lowest BCUT2D eigenvalue weighted by molar-refractivity contribution is -0.133. The van der Waals surface area contributed by atoms with Crippen LogP contribution in [0.15, 0.2) is 30.6 Å². The van der Waals surface area contributed by atoms with Gasteiger partial charge in [-0.3, -0.25) is 4.79 Å². The SMILES string of the molecule is C[C@@H]1COCCN1c1cc([C@H]2CCCN(C)C2=O)nc(-c2ccnc3[nH]ccc23)n1. The van der Waals surface area contributed by atoms with Gasteiger partial charge >= 0.3 is 0 Å². The van der Waals surface area contributed by atoms with Gasteiger partial charge in [0, 0.05) is 49.5 Å². The van der Waals surface area contributed by atoms with Crippen molar-refractivity contribution in [2.75, 3.05) is 38.3 Å². The summed E-state index contributed by atoms with van der Waals surface area (Å²) in [4.78, 5) is 34.4. The van der Waals surface area contributed by atoms with Crippen molar-refractivity contribution in [1.82, 2.24) is 24.8 Å². The van der Waals surface area contributed by atoms with Gasteiger partial charge in [0.2, 0.25) is 5.91 Å². The van der Waals surface area contributed by atoms with Gasteiger partial charge in [0.1, 0.15) is 11.5 Å². The number of fused-ring (bicyclic) bond motifs is 1. The molecule has 0 radical (unpaired) electrons. The Morgan fingerprint density at radius 2 is 2.13 bits per heavy atom. The molecule has 0 aromatic carbocycles. The first kappa shape index (κ1) is 19.0. The van der Waals surface area contributed by atoms with Crippen LogP contribution in [-0.2, 0) is 9.53 Å². The number of hydrogen-bond donors (Lipinski definition) is 1. The van der Waals surface area contributed by atoms with Gasteiger partial charge in [0.15, 0.2) is 5.82 Å². The van der Waals surface area contributed by atoms with Crippen LogP contribution < -0.4 is 4.90 Å². The second kappa shape index (κ2) is 7.68. The summed E-state index contributed by atoms with van der Waals surface area (Å²) in [5, 5.41) is 0.975. The fraction of sp³-hybridized carbons (Fsp3) is 0.455. The molecule has 2 atom stereocenters. The van der Waals surface area contributed by atoms with Gasteiger partial charge in [-0.05, 0) is 31.9 Å². The number of pyridine rings is 1. The normalized spacial score (nSPS) is 22.7. The number of likely N-dealkylation sites (tertiary alicyclic amines) is 1. The number of morpholine rings is 1. The molecule has 5 heterocycles. The summed E-state index contributed by atoms with van der Waals surface area (Å²) in [5.74, 6) is 1.39. The minimum atomic E-state index is -0.232. The van der Waals surface area contributed by atoms with E-state index >= 15 is 0 Å². The molecular weight excluding hydrogens is 380 g/mol. The van der Waals surface area contributed by atoms with Crippen LogP contribution in [0.4, 0.5) is 5.82 Å². The van der Waals surface area contributed by atoms with Gasteiger partial charge in [-0.15, -0.1) is 0 Å². The van der Waals surface area contributed by atoms with Crippen molar-refractivity contribution in [3.63, 3.8) is 0 Å². The molecule has 2 saturated heterocycles. The molecule has 3 aromatic rings. The average Bonchev–Trinajstić information content (AvgIpc) is 3.25. The third kappa shape index (κ3) is 3.31. The maximum absolute atomic E-state index is 12.9. The smallest absolute Gasteiger partial charge is 0.231 e. The van der Waals surface area contributed by atoms with E-state index in [-0.39, 0.29) is 17.9 Å². The molecule has 0 bridgehead atoms. The van der Waals surface area contributed by atoms with Crippen LogP contribution in [0.1, 0.15) is 31.4 Å². The van der Waals surface area contributed by atoms with E-state index in [9.17, 15) is 4.79 Å². The highest BCUT2D eigenvalue weighted by molar-refractivity contribution is 5.91. The van der Waals surface area contributed by atoms with Crippen LogP contribution in [-0.4, -0.2) is 70.1 Å². The number of aromatic amines is 1. The third-order valence-electron chi connectivity index (χ3n) is 6.11. The zero-order valence-corrected chi connectivity index (χ0v) is 17.3. The Bertz CT molecular complexity index is 1080. The van der Waals surface area contributed by atoms with Crippen LogP contribution in [0.25, 0.3) is 22.4 Å². The van der Waals surface area contributed by atoms with Gasteiger partial charge in [-0.1, -0.05) is 0 Å². The summed E-state index contributed by atoms with van der Waals surface area (Å²) >= 11 is 0. The molecule has 8 nitrogen and oxygen atoms in total. The Labute approximate surface area is 175 Å². The van der Waals surface area contributed by atoms with Crippen LogP contribution in [0.5, 0.6) is 0 Å². The first-order valence-electron chi connectivity index (χ1n) is 10.5. The molecule has 1 N–H and O–H groups in total. The molecule has 0 unspecified atom stereocenters. The van der Waals surface area contributed by atoms with E-state index in [4.69, 9.17) is 14.7 Å². The molecule has 8 heteroatoms. The van der Waals surface area contributed by atoms with E-state index in [0.29, 0.717) is 19.0 Å². The van der Waals surface area contributed by atoms with E-state index in [1.807, 2.05) is 36.3 Å². The van der Waals surface area contributed by atoms with Crippen molar-refractivity contribution >= 4 is 22.8 Å². The summed E-state index contributed by atoms with van der Waals surface area (Å²) in [7, 11) is 1.87. The monoisotopic (exact) mass is 406 g/mol. The second-order valence-electron chi connectivity index (χ2n) is 8.15. The number of aromatic nitrogens is 4. The number of carbonyl (C=O) groups excluding carboxylic acids is 1. The van der Waals surface area contributed by atoms with Gasteiger partial charge in [-0.2, -0.15) is 0 Å². The maximum atomic E-state index is 12.9. The molecule has 0 spiro atoms. The molecule has 0 saturated carbocycles. The van der Waals surface area contributed by atoms with Crippen molar-refractivity contribution < 1.29 is 9.53 Å². The van der Waals surface area contributed by atoms with Crippen molar-refractivity contribution in [3.8, 4) is 11.4 Å². The molecule has 5 rings (SSSR count). The highest BCUT2D eigenvalue weighted by atomic mass is 16.5. The third-order valence-corrected chi connectivity index (χ3v) is 6.11. The predicted molar refractivity (Wildman–Crippen MR) is 114 cm³/mol. The number of anilines is 1. The van der Waals surface area contributed by atoms with E-state index in [1.165, 1.54) is 0 Å². The number of likely N-dealkylation sites (N-methyl/N-ethyl adjacent to an activating group) is 1. The van der Waals surface area contributed by atoms with Crippen molar-refractivity contribution in [1.29, 1.82) is 0 Å². The first-order chi connectivity index (χ1) is 14.6.